The minimum atomic E-state index is -0.623. The van der Waals surface area contributed by atoms with E-state index in [1.165, 1.54) is 0 Å². The fraction of sp³-hybridized carbons (Fsp3) is 0.536. The first-order chi connectivity index (χ1) is 18.6. The largest absolute Gasteiger partial charge is 0.445 e. The number of hydrogen-bond acceptors (Lipinski definition) is 8. The van der Waals surface area contributed by atoms with Crippen LogP contribution in [0.2, 0.25) is 0 Å². The van der Waals surface area contributed by atoms with Crippen molar-refractivity contribution >= 4 is 18.0 Å². The number of carbonyl (C=O) groups excluding carboxylic acids is 2. The van der Waals surface area contributed by atoms with Crippen LogP contribution in [-0.2, 0) is 29.0 Å². The van der Waals surface area contributed by atoms with Crippen molar-refractivity contribution in [2.75, 3.05) is 24.5 Å². The van der Waals surface area contributed by atoms with Crippen LogP contribution < -0.4 is 10.6 Å². The summed E-state index contributed by atoms with van der Waals surface area (Å²) in [7, 11) is 0. The molecule has 1 aliphatic carbocycles. The summed E-state index contributed by atoms with van der Waals surface area (Å²) in [5.41, 5.74) is 0.968. The topological polar surface area (TPSA) is 132 Å². The zero-order chi connectivity index (χ0) is 27.8. The molecule has 1 N–H and O–H groups in total. The maximum Gasteiger partial charge on any atom is 0.411 e. The summed E-state index contributed by atoms with van der Waals surface area (Å²) in [6.07, 6.45) is 1.53. The summed E-state index contributed by atoms with van der Waals surface area (Å²) in [5.74, 6) is 0.559. The lowest BCUT2D eigenvalue weighted by Crippen LogP contribution is -2.56. The number of nitriles is 1. The monoisotopic (exact) mass is 534 g/mol. The number of ether oxygens (including phenoxy) is 2. The van der Waals surface area contributed by atoms with Crippen molar-refractivity contribution in [3.05, 3.63) is 57.6 Å². The van der Waals surface area contributed by atoms with Crippen LogP contribution in [0.1, 0.15) is 56.9 Å². The molecule has 11 heteroatoms. The normalized spacial score (nSPS) is 19.7. The Morgan fingerprint density at radius 3 is 2.59 bits per heavy atom. The molecule has 0 bridgehead atoms. The number of benzene rings is 1. The Balaban J connectivity index is 1.34. The number of amides is 2. The first-order valence-electron chi connectivity index (χ1n) is 13.3. The number of piperazine rings is 1. The molecule has 11 nitrogen and oxygen atoms in total. The van der Waals surface area contributed by atoms with Gasteiger partial charge in [0.25, 0.3) is 0 Å². The van der Waals surface area contributed by atoms with Crippen LogP contribution >= 0.6 is 0 Å². The van der Waals surface area contributed by atoms with Crippen molar-refractivity contribution in [3.63, 3.8) is 0 Å². The van der Waals surface area contributed by atoms with Crippen molar-refractivity contribution in [2.24, 2.45) is 0 Å². The molecule has 2 aromatic rings. The molecular weight excluding hydrogens is 500 g/mol. The van der Waals surface area contributed by atoms with E-state index < -0.39 is 23.4 Å². The second-order valence-electron chi connectivity index (χ2n) is 11.5. The van der Waals surface area contributed by atoms with Crippen molar-refractivity contribution in [2.45, 2.75) is 76.8 Å². The van der Waals surface area contributed by atoms with Crippen molar-refractivity contribution in [1.82, 2.24) is 19.8 Å². The Morgan fingerprint density at radius 2 is 1.92 bits per heavy atom. The molecule has 1 atom stereocenters. The minimum absolute atomic E-state index is 0.124. The van der Waals surface area contributed by atoms with Gasteiger partial charge in [0.15, 0.2) is 0 Å². The van der Waals surface area contributed by atoms with Gasteiger partial charge in [-0.2, -0.15) is 10.2 Å². The van der Waals surface area contributed by atoms with E-state index in [0.717, 1.165) is 24.0 Å². The van der Waals surface area contributed by atoms with Gasteiger partial charge in [0.2, 0.25) is 0 Å². The summed E-state index contributed by atoms with van der Waals surface area (Å²) in [6, 6.07) is 11.2. The maximum atomic E-state index is 13.0. The highest BCUT2D eigenvalue weighted by atomic mass is 16.6. The van der Waals surface area contributed by atoms with Crippen LogP contribution in [-0.4, -0.2) is 68.8 Å². The van der Waals surface area contributed by atoms with Crippen LogP contribution in [0, 0.1) is 11.3 Å². The number of H-pyrrole nitrogens is 1. The van der Waals surface area contributed by atoms with E-state index in [2.05, 4.69) is 16.0 Å². The molecule has 2 amide bonds. The van der Waals surface area contributed by atoms with Gasteiger partial charge in [-0.3, -0.25) is 4.90 Å². The summed E-state index contributed by atoms with van der Waals surface area (Å²) in [4.78, 5) is 51.1. The molecule has 0 unspecified atom stereocenters. The minimum Gasteiger partial charge on any atom is -0.445 e. The van der Waals surface area contributed by atoms with Gasteiger partial charge in [0.1, 0.15) is 18.0 Å². The molecule has 2 fully saturated rings. The Kier molecular flexibility index (Phi) is 6.97. The predicted octanol–water partition coefficient (Wildman–Crippen LogP) is 3.34. The average molecular weight is 535 g/mol. The third kappa shape index (κ3) is 5.70. The van der Waals surface area contributed by atoms with E-state index in [9.17, 15) is 19.6 Å². The fourth-order valence-corrected chi connectivity index (χ4v) is 5.40. The zero-order valence-corrected chi connectivity index (χ0v) is 22.6. The van der Waals surface area contributed by atoms with Gasteiger partial charge in [-0.1, -0.05) is 30.3 Å². The van der Waals surface area contributed by atoms with E-state index >= 15 is 0 Å². The third-order valence-corrected chi connectivity index (χ3v) is 7.48. The van der Waals surface area contributed by atoms with Crippen molar-refractivity contribution < 1.29 is 19.1 Å². The standard InChI is InChI=1S/C28H34N6O5/c1-27(2,3)39-26(37)34-17-22-21(15-28(34)10-11-28)23(31-24(35)30-22)32-13-14-33(20(16-32)9-12-29)25(36)38-18-19-7-5-4-6-8-19/h4-8,20H,9-11,13-18H2,1-3H3,(H,30,31,35)/t20-/m0/s1. The molecular formula is C28H34N6O5. The molecule has 1 saturated carbocycles. The first-order valence-corrected chi connectivity index (χ1v) is 13.3. The molecule has 2 aliphatic heterocycles. The molecule has 1 aromatic heterocycles. The lowest BCUT2D eigenvalue weighted by atomic mass is 9.95. The van der Waals surface area contributed by atoms with Crippen LogP contribution in [0.25, 0.3) is 0 Å². The SMILES string of the molecule is CC(C)(C)OC(=O)N1Cc2[nH]c(=O)nc(N3CCN(C(=O)OCc4ccccc4)[C@@H](CC#N)C3)c2CC12CC2. The number of fused-ring (bicyclic) bond motifs is 1. The molecule has 1 saturated heterocycles. The predicted molar refractivity (Wildman–Crippen MR) is 142 cm³/mol. The van der Waals surface area contributed by atoms with Gasteiger partial charge in [-0.25, -0.2) is 14.4 Å². The van der Waals surface area contributed by atoms with E-state index in [4.69, 9.17) is 9.47 Å². The Bertz CT molecular complexity index is 1340. The maximum absolute atomic E-state index is 13.0. The van der Waals surface area contributed by atoms with Crippen LogP contribution in [0.5, 0.6) is 0 Å². The highest BCUT2D eigenvalue weighted by molar-refractivity contribution is 5.71. The number of aromatic nitrogens is 2. The average Bonchev–Trinajstić information content (AvgIpc) is 3.66. The van der Waals surface area contributed by atoms with Gasteiger partial charge in [0.05, 0.1) is 30.6 Å². The zero-order valence-electron chi connectivity index (χ0n) is 22.6. The number of aromatic amines is 1. The lowest BCUT2D eigenvalue weighted by molar-refractivity contribution is 0.00779. The van der Waals surface area contributed by atoms with Gasteiger partial charge in [-0.05, 0) is 39.2 Å². The smallest absolute Gasteiger partial charge is 0.411 e. The van der Waals surface area contributed by atoms with E-state index in [0.29, 0.717) is 37.6 Å². The molecule has 3 heterocycles. The summed E-state index contributed by atoms with van der Waals surface area (Å²) >= 11 is 0. The number of carbonyl (C=O) groups is 2. The number of nitrogens with one attached hydrogen (secondary N) is 1. The van der Waals surface area contributed by atoms with E-state index in [1.807, 2.05) is 56.0 Å². The Labute approximate surface area is 227 Å². The molecule has 1 aromatic carbocycles. The van der Waals surface area contributed by atoms with Gasteiger partial charge in [0, 0.05) is 37.3 Å². The lowest BCUT2D eigenvalue weighted by Gasteiger charge is -2.43. The molecule has 39 heavy (non-hydrogen) atoms. The van der Waals surface area contributed by atoms with E-state index in [-0.39, 0.29) is 31.2 Å². The molecule has 206 valence electrons. The third-order valence-electron chi connectivity index (χ3n) is 7.48. The van der Waals surface area contributed by atoms with Gasteiger partial charge >= 0.3 is 17.9 Å². The van der Waals surface area contributed by atoms with Crippen molar-refractivity contribution in [3.8, 4) is 6.07 Å². The summed E-state index contributed by atoms with van der Waals surface area (Å²) < 4.78 is 11.2. The molecule has 0 radical (unpaired) electrons. The first kappa shape index (κ1) is 26.5. The molecule has 1 spiro atoms. The quantitative estimate of drug-likeness (QED) is 0.632. The highest BCUT2D eigenvalue weighted by Crippen LogP contribution is 2.50. The number of hydrogen-bond donors (Lipinski definition) is 1. The van der Waals surface area contributed by atoms with Crippen LogP contribution in [0.4, 0.5) is 15.4 Å². The number of rotatable bonds is 4. The summed E-state index contributed by atoms with van der Waals surface area (Å²) in [5, 5.41) is 9.49. The second kappa shape index (κ2) is 10.2. The summed E-state index contributed by atoms with van der Waals surface area (Å²) in [6.45, 7) is 7.01. The molecule has 5 rings (SSSR count). The Hall–Kier alpha value is -4.07. The number of nitrogens with zero attached hydrogens (tertiary/aromatic N) is 5. The Morgan fingerprint density at radius 1 is 1.18 bits per heavy atom. The molecule has 3 aliphatic rings. The van der Waals surface area contributed by atoms with E-state index in [1.54, 1.807) is 9.80 Å². The number of anilines is 1. The van der Waals surface area contributed by atoms with Crippen LogP contribution in [0.15, 0.2) is 35.1 Å². The van der Waals surface area contributed by atoms with Gasteiger partial charge in [-0.15, -0.1) is 0 Å². The fourth-order valence-electron chi connectivity index (χ4n) is 5.40. The van der Waals surface area contributed by atoms with Crippen molar-refractivity contribution in [1.29, 1.82) is 5.26 Å². The second-order valence-corrected chi connectivity index (χ2v) is 11.5. The van der Waals surface area contributed by atoms with Crippen LogP contribution in [0.3, 0.4) is 0 Å². The highest BCUT2D eigenvalue weighted by Gasteiger charge is 2.54. The van der Waals surface area contributed by atoms with Gasteiger partial charge < -0.3 is 24.3 Å².